The van der Waals surface area contributed by atoms with Crippen LogP contribution in [0, 0.1) is 0 Å². The van der Waals surface area contributed by atoms with Gasteiger partial charge in [-0.15, -0.1) is 0 Å². The smallest absolute Gasteiger partial charge is 0.109 e. The Labute approximate surface area is 119 Å². The molecular weight excluding hydrogens is 250 g/mol. The van der Waals surface area contributed by atoms with Crippen LogP contribution in [0.5, 0.6) is 0 Å². The van der Waals surface area contributed by atoms with Crippen LogP contribution in [0.15, 0.2) is 24.3 Å². The van der Waals surface area contributed by atoms with E-state index < -0.39 is 0 Å². The number of aryl methyl sites for hydroxylation is 1. The fourth-order valence-electron chi connectivity index (χ4n) is 2.61. The first-order valence-corrected chi connectivity index (χ1v) is 7.63. The molecule has 1 heterocycles. The quantitative estimate of drug-likeness (QED) is 0.812. The van der Waals surface area contributed by atoms with Crippen LogP contribution < -0.4 is 5.32 Å². The van der Waals surface area contributed by atoms with E-state index in [1.807, 2.05) is 18.2 Å². The fourth-order valence-corrected chi connectivity index (χ4v) is 2.61. The SMILES string of the molecule is CCCc1nc2ccccc2n1CC(O)CNC1CC1. The Morgan fingerprint density at radius 1 is 1.40 bits per heavy atom. The van der Waals surface area contributed by atoms with Crippen LogP contribution in [-0.2, 0) is 13.0 Å². The number of fused-ring (bicyclic) bond motifs is 1. The van der Waals surface area contributed by atoms with Crippen molar-refractivity contribution >= 4 is 11.0 Å². The fraction of sp³-hybridized carbons (Fsp3) is 0.562. The van der Waals surface area contributed by atoms with Gasteiger partial charge in [-0.1, -0.05) is 19.1 Å². The first-order chi connectivity index (χ1) is 9.78. The van der Waals surface area contributed by atoms with E-state index in [-0.39, 0.29) is 6.10 Å². The lowest BCUT2D eigenvalue weighted by molar-refractivity contribution is 0.151. The predicted molar refractivity (Wildman–Crippen MR) is 80.8 cm³/mol. The standard InChI is InChI=1S/C16H23N3O/c1-2-5-16-18-14-6-3-4-7-15(14)19(16)11-13(20)10-17-12-8-9-12/h3-4,6-7,12-13,17,20H,2,5,8-11H2,1H3. The van der Waals surface area contributed by atoms with Crippen molar-refractivity contribution in [3.05, 3.63) is 30.1 Å². The first-order valence-electron chi connectivity index (χ1n) is 7.63. The van der Waals surface area contributed by atoms with Crippen molar-refractivity contribution in [2.75, 3.05) is 6.54 Å². The molecule has 4 nitrogen and oxygen atoms in total. The maximum Gasteiger partial charge on any atom is 0.109 e. The molecule has 0 saturated heterocycles. The van der Waals surface area contributed by atoms with Crippen LogP contribution in [-0.4, -0.2) is 33.3 Å². The van der Waals surface area contributed by atoms with Gasteiger partial charge < -0.3 is 15.0 Å². The minimum atomic E-state index is -0.358. The van der Waals surface area contributed by atoms with Crippen molar-refractivity contribution in [3.8, 4) is 0 Å². The number of rotatable bonds is 7. The van der Waals surface area contributed by atoms with Gasteiger partial charge in [0, 0.05) is 19.0 Å². The van der Waals surface area contributed by atoms with Gasteiger partial charge in [0.2, 0.25) is 0 Å². The van der Waals surface area contributed by atoms with Crippen molar-refractivity contribution in [2.45, 2.75) is 51.3 Å². The number of imidazole rings is 1. The number of aromatic nitrogens is 2. The van der Waals surface area contributed by atoms with Crippen LogP contribution >= 0.6 is 0 Å². The van der Waals surface area contributed by atoms with E-state index in [0.717, 1.165) is 29.7 Å². The molecule has 0 bridgehead atoms. The van der Waals surface area contributed by atoms with Gasteiger partial charge in [0.25, 0.3) is 0 Å². The van der Waals surface area contributed by atoms with Crippen molar-refractivity contribution in [1.29, 1.82) is 0 Å². The highest BCUT2D eigenvalue weighted by atomic mass is 16.3. The molecule has 20 heavy (non-hydrogen) atoms. The van der Waals surface area contributed by atoms with E-state index in [0.29, 0.717) is 19.1 Å². The molecule has 1 aromatic heterocycles. The molecule has 3 rings (SSSR count). The van der Waals surface area contributed by atoms with Crippen molar-refractivity contribution in [2.24, 2.45) is 0 Å². The number of aliphatic hydroxyl groups is 1. The van der Waals surface area contributed by atoms with Gasteiger partial charge in [-0.2, -0.15) is 0 Å². The molecule has 1 aromatic carbocycles. The molecular formula is C16H23N3O. The molecule has 1 aliphatic carbocycles. The number of hydrogen-bond donors (Lipinski definition) is 2. The van der Waals surface area contributed by atoms with Crippen LogP contribution in [0.3, 0.4) is 0 Å². The maximum absolute atomic E-state index is 10.2. The lowest BCUT2D eigenvalue weighted by atomic mass is 10.2. The van der Waals surface area contributed by atoms with Gasteiger partial charge in [0.05, 0.1) is 23.7 Å². The Morgan fingerprint density at radius 3 is 2.95 bits per heavy atom. The average Bonchev–Trinajstić information content (AvgIpc) is 3.22. The number of nitrogens with zero attached hydrogens (tertiary/aromatic N) is 2. The third-order valence-corrected chi connectivity index (χ3v) is 3.82. The van der Waals surface area contributed by atoms with E-state index in [1.54, 1.807) is 0 Å². The Hall–Kier alpha value is -1.39. The van der Waals surface area contributed by atoms with Gasteiger partial charge >= 0.3 is 0 Å². The molecule has 1 saturated carbocycles. The lowest BCUT2D eigenvalue weighted by Gasteiger charge is -2.15. The van der Waals surface area contributed by atoms with E-state index >= 15 is 0 Å². The third kappa shape index (κ3) is 3.02. The summed E-state index contributed by atoms with van der Waals surface area (Å²) >= 11 is 0. The van der Waals surface area contributed by atoms with Crippen LogP contribution in [0.4, 0.5) is 0 Å². The third-order valence-electron chi connectivity index (χ3n) is 3.82. The molecule has 1 atom stereocenters. The zero-order valence-corrected chi connectivity index (χ0v) is 12.0. The Morgan fingerprint density at radius 2 is 2.20 bits per heavy atom. The summed E-state index contributed by atoms with van der Waals surface area (Å²) in [6.07, 6.45) is 4.17. The molecule has 1 aliphatic rings. The summed E-state index contributed by atoms with van der Waals surface area (Å²) < 4.78 is 2.18. The summed E-state index contributed by atoms with van der Waals surface area (Å²) in [5.41, 5.74) is 2.15. The second kappa shape index (κ2) is 5.94. The number of aliphatic hydroxyl groups excluding tert-OH is 1. The van der Waals surface area contributed by atoms with Crippen LogP contribution in [0.25, 0.3) is 11.0 Å². The molecule has 1 fully saturated rings. The van der Waals surface area contributed by atoms with Crippen molar-refractivity contribution in [1.82, 2.24) is 14.9 Å². The van der Waals surface area contributed by atoms with Gasteiger partial charge in [-0.05, 0) is 31.4 Å². The molecule has 2 aromatic rings. The zero-order chi connectivity index (χ0) is 13.9. The second-order valence-corrected chi connectivity index (χ2v) is 5.71. The number of hydrogen-bond acceptors (Lipinski definition) is 3. The molecule has 0 amide bonds. The highest BCUT2D eigenvalue weighted by Gasteiger charge is 2.22. The molecule has 0 spiro atoms. The summed E-state index contributed by atoms with van der Waals surface area (Å²) in [5.74, 6) is 1.08. The summed E-state index contributed by atoms with van der Waals surface area (Å²) in [4.78, 5) is 4.69. The van der Waals surface area contributed by atoms with Gasteiger partial charge in [0.15, 0.2) is 0 Å². The summed E-state index contributed by atoms with van der Waals surface area (Å²) in [7, 11) is 0. The lowest BCUT2D eigenvalue weighted by Crippen LogP contribution is -2.32. The topological polar surface area (TPSA) is 50.1 Å². The van der Waals surface area contributed by atoms with E-state index in [9.17, 15) is 5.11 Å². The highest BCUT2D eigenvalue weighted by Crippen LogP contribution is 2.19. The minimum absolute atomic E-state index is 0.358. The molecule has 0 radical (unpaired) electrons. The van der Waals surface area contributed by atoms with Crippen molar-refractivity contribution in [3.63, 3.8) is 0 Å². The number of nitrogens with one attached hydrogen (secondary N) is 1. The number of benzene rings is 1. The van der Waals surface area contributed by atoms with Crippen LogP contribution in [0.1, 0.15) is 32.0 Å². The van der Waals surface area contributed by atoms with Crippen LogP contribution in [0.2, 0.25) is 0 Å². The highest BCUT2D eigenvalue weighted by molar-refractivity contribution is 5.75. The van der Waals surface area contributed by atoms with E-state index in [4.69, 9.17) is 4.98 Å². The second-order valence-electron chi connectivity index (χ2n) is 5.71. The largest absolute Gasteiger partial charge is 0.390 e. The number of para-hydroxylation sites is 2. The summed E-state index contributed by atoms with van der Waals surface area (Å²) in [5, 5.41) is 13.6. The van der Waals surface area contributed by atoms with Gasteiger partial charge in [0.1, 0.15) is 5.82 Å². The molecule has 1 unspecified atom stereocenters. The molecule has 0 aliphatic heterocycles. The van der Waals surface area contributed by atoms with Crippen molar-refractivity contribution < 1.29 is 5.11 Å². The first kappa shape index (κ1) is 13.6. The Bertz CT molecular complexity index is 574. The van der Waals surface area contributed by atoms with Gasteiger partial charge in [-0.3, -0.25) is 0 Å². The van der Waals surface area contributed by atoms with E-state index in [2.05, 4.69) is 22.9 Å². The Kier molecular flexibility index (Phi) is 4.03. The molecule has 4 heteroatoms. The average molecular weight is 273 g/mol. The molecule has 2 N–H and O–H groups in total. The monoisotopic (exact) mass is 273 g/mol. The van der Waals surface area contributed by atoms with Gasteiger partial charge in [-0.25, -0.2) is 4.98 Å². The summed E-state index contributed by atoms with van der Waals surface area (Å²) in [6, 6.07) is 8.81. The van der Waals surface area contributed by atoms with E-state index in [1.165, 1.54) is 12.8 Å². The predicted octanol–water partition coefficient (Wildman–Crippen LogP) is 2.10. The normalized spacial score (nSPS) is 16.7. The maximum atomic E-state index is 10.2. The summed E-state index contributed by atoms with van der Waals surface area (Å²) in [6.45, 7) is 3.45. The minimum Gasteiger partial charge on any atom is -0.390 e. The zero-order valence-electron chi connectivity index (χ0n) is 12.0. The Balaban J connectivity index is 1.78. The molecule has 108 valence electrons.